The summed E-state index contributed by atoms with van der Waals surface area (Å²) in [6.07, 6.45) is 0. The standard InChI is InChI=1S/C6H6.2K.2H/c1-2-4-6-5-3-1;;;;/h1-6H;;;;/q;2*+1;2*-1. The van der Waals surface area contributed by atoms with E-state index < -0.39 is 0 Å². The van der Waals surface area contributed by atoms with Crippen molar-refractivity contribution in [3.05, 3.63) is 36.4 Å². The SMILES string of the molecule is [H-].[H-].[K+].[K+].c1ccccc1. The van der Waals surface area contributed by atoms with Gasteiger partial charge in [-0.15, -0.1) is 0 Å². The van der Waals surface area contributed by atoms with Gasteiger partial charge in [-0.25, -0.2) is 0 Å². The fourth-order valence-electron chi connectivity index (χ4n) is 0.385. The van der Waals surface area contributed by atoms with Crippen molar-refractivity contribution in [3.63, 3.8) is 0 Å². The van der Waals surface area contributed by atoms with Gasteiger partial charge in [-0.1, -0.05) is 36.4 Å². The van der Waals surface area contributed by atoms with Gasteiger partial charge in [0.25, 0.3) is 0 Å². The van der Waals surface area contributed by atoms with Crippen molar-refractivity contribution in [1.29, 1.82) is 0 Å². The minimum atomic E-state index is 0. The normalized spacial score (nSPS) is 6.00. The molecule has 0 aromatic heterocycles. The maximum absolute atomic E-state index is 2.00. The molecule has 8 heavy (non-hydrogen) atoms. The fraction of sp³-hybridized carbons (Fsp3) is 0. The van der Waals surface area contributed by atoms with Crippen LogP contribution in [0.4, 0.5) is 0 Å². The van der Waals surface area contributed by atoms with Gasteiger partial charge in [0.2, 0.25) is 0 Å². The molecule has 0 saturated heterocycles. The predicted molar refractivity (Wildman–Crippen MR) is 28.7 cm³/mol. The molecule has 0 unspecified atom stereocenters. The maximum Gasteiger partial charge on any atom is 1.00 e. The zero-order valence-corrected chi connectivity index (χ0v) is 11.7. The first-order valence-corrected chi connectivity index (χ1v) is 2.00. The van der Waals surface area contributed by atoms with E-state index in [1.807, 2.05) is 36.4 Å². The van der Waals surface area contributed by atoms with E-state index in [1.54, 1.807) is 0 Å². The van der Waals surface area contributed by atoms with Crippen LogP contribution in [0.15, 0.2) is 36.4 Å². The molecule has 0 spiro atoms. The Morgan fingerprint density at radius 3 is 0.750 bits per heavy atom. The van der Waals surface area contributed by atoms with Crippen molar-refractivity contribution in [1.82, 2.24) is 0 Å². The molecule has 0 aliphatic heterocycles. The first-order chi connectivity index (χ1) is 3.00. The van der Waals surface area contributed by atoms with Gasteiger partial charge < -0.3 is 2.85 Å². The third-order valence-electron chi connectivity index (χ3n) is 0.667. The largest absolute Gasteiger partial charge is 1.00 e. The van der Waals surface area contributed by atoms with Crippen molar-refractivity contribution in [2.75, 3.05) is 0 Å². The molecule has 0 saturated carbocycles. The van der Waals surface area contributed by atoms with Crippen LogP contribution in [0.1, 0.15) is 2.85 Å². The second-order valence-corrected chi connectivity index (χ2v) is 1.15. The summed E-state index contributed by atoms with van der Waals surface area (Å²) in [5.41, 5.74) is 0. The quantitative estimate of drug-likeness (QED) is 0.337. The van der Waals surface area contributed by atoms with E-state index in [4.69, 9.17) is 0 Å². The Morgan fingerprint density at radius 2 is 0.625 bits per heavy atom. The van der Waals surface area contributed by atoms with Crippen LogP contribution in [0.3, 0.4) is 0 Å². The van der Waals surface area contributed by atoms with E-state index in [9.17, 15) is 0 Å². The zero-order chi connectivity index (χ0) is 4.24. The van der Waals surface area contributed by atoms with E-state index in [1.165, 1.54) is 0 Å². The molecule has 1 rings (SSSR count). The van der Waals surface area contributed by atoms with Gasteiger partial charge >= 0.3 is 103 Å². The van der Waals surface area contributed by atoms with Crippen LogP contribution in [0.5, 0.6) is 0 Å². The van der Waals surface area contributed by atoms with Crippen LogP contribution in [0.2, 0.25) is 0 Å². The summed E-state index contributed by atoms with van der Waals surface area (Å²) < 4.78 is 0. The topological polar surface area (TPSA) is 0 Å². The molecule has 0 aliphatic rings. The van der Waals surface area contributed by atoms with Crippen LogP contribution in [0.25, 0.3) is 0 Å². The van der Waals surface area contributed by atoms with Crippen LogP contribution in [-0.2, 0) is 0 Å². The zero-order valence-electron chi connectivity index (χ0n) is 7.46. The first kappa shape index (κ1) is 13.1. The van der Waals surface area contributed by atoms with E-state index in [0.29, 0.717) is 0 Å². The van der Waals surface area contributed by atoms with Crippen LogP contribution in [0, 0.1) is 0 Å². The predicted octanol–water partition coefficient (Wildman–Crippen LogP) is -4.08. The van der Waals surface area contributed by atoms with Crippen LogP contribution < -0.4 is 103 Å². The summed E-state index contributed by atoms with van der Waals surface area (Å²) in [6.45, 7) is 0. The number of rotatable bonds is 0. The molecule has 34 valence electrons. The van der Waals surface area contributed by atoms with Gasteiger partial charge in [0.1, 0.15) is 0 Å². The molecule has 1 aromatic carbocycles. The summed E-state index contributed by atoms with van der Waals surface area (Å²) in [4.78, 5) is 0. The van der Waals surface area contributed by atoms with Gasteiger partial charge in [-0.3, -0.25) is 0 Å². The molecular formula is C6H8K2. The Bertz CT molecular complexity index is 85.7. The number of benzene rings is 1. The van der Waals surface area contributed by atoms with E-state index in [0.717, 1.165) is 0 Å². The smallest absolute Gasteiger partial charge is 1.00 e. The van der Waals surface area contributed by atoms with Crippen molar-refractivity contribution in [2.45, 2.75) is 0 Å². The minimum Gasteiger partial charge on any atom is -1.00 e. The second kappa shape index (κ2) is 9.49. The molecular weight excluding hydrogens is 150 g/mol. The van der Waals surface area contributed by atoms with Gasteiger partial charge in [0.05, 0.1) is 0 Å². The van der Waals surface area contributed by atoms with E-state index in [-0.39, 0.29) is 106 Å². The molecule has 0 atom stereocenters. The van der Waals surface area contributed by atoms with E-state index >= 15 is 0 Å². The Balaban J connectivity index is -0.0000000450. The molecule has 0 aliphatic carbocycles. The third kappa shape index (κ3) is 6.61. The molecule has 0 nitrogen and oxygen atoms in total. The molecule has 0 bridgehead atoms. The fourth-order valence-corrected chi connectivity index (χ4v) is 0.385. The third-order valence-corrected chi connectivity index (χ3v) is 0.667. The minimum absolute atomic E-state index is 0. The summed E-state index contributed by atoms with van der Waals surface area (Å²) in [5.74, 6) is 0. The summed E-state index contributed by atoms with van der Waals surface area (Å²) >= 11 is 0. The molecule has 1 aromatic rings. The van der Waals surface area contributed by atoms with Crippen molar-refractivity contribution < 1.29 is 106 Å². The van der Waals surface area contributed by atoms with Crippen molar-refractivity contribution in [2.24, 2.45) is 0 Å². The molecule has 0 heterocycles. The maximum atomic E-state index is 2.00. The average molecular weight is 158 g/mol. The van der Waals surface area contributed by atoms with Crippen LogP contribution in [-0.4, -0.2) is 0 Å². The van der Waals surface area contributed by atoms with E-state index in [2.05, 4.69) is 0 Å². The summed E-state index contributed by atoms with van der Waals surface area (Å²) in [7, 11) is 0. The van der Waals surface area contributed by atoms with Gasteiger partial charge in [0.15, 0.2) is 0 Å². The molecule has 0 radical (unpaired) electrons. The summed E-state index contributed by atoms with van der Waals surface area (Å²) in [5, 5.41) is 0. The van der Waals surface area contributed by atoms with Crippen molar-refractivity contribution >= 4 is 0 Å². The number of hydrogen-bond acceptors (Lipinski definition) is 0. The van der Waals surface area contributed by atoms with Gasteiger partial charge in [0, 0.05) is 0 Å². The molecule has 0 fully saturated rings. The second-order valence-electron chi connectivity index (χ2n) is 1.15. The molecule has 0 amide bonds. The number of hydrogen-bond donors (Lipinski definition) is 0. The van der Waals surface area contributed by atoms with Crippen LogP contribution >= 0.6 is 0 Å². The first-order valence-electron chi connectivity index (χ1n) is 2.00. The Hall–Kier alpha value is 2.49. The summed E-state index contributed by atoms with van der Waals surface area (Å²) in [6, 6.07) is 12.0. The molecule has 2 heteroatoms. The Labute approximate surface area is 138 Å². The van der Waals surface area contributed by atoms with Gasteiger partial charge in [-0.2, -0.15) is 0 Å². The molecule has 0 N–H and O–H groups in total. The monoisotopic (exact) mass is 158 g/mol. The van der Waals surface area contributed by atoms with Crippen molar-refractivity contribution in [3.8, 4) is 0 Å². The Kier molecular flexibility index (Phi) is 15.6. The van der Waals surface area contributed by atoms with Gasteiger partial charge in [-0.05, 0) is 0 Å². The Morgan fingerprint density at radius 1 is 0.500 bits per heavy atom. The average Bonchev–Trinajstić information content (AvgIpc) is 1.72.